The first-order chi connectivity index (χ1) is 12.1. The van der Waals surface area contributed by atoms with E-state index in [1.165, 1.54) is 6.92 Å². The highest BCUT2D eigenvalue weighted by molar-refractivity contribution is 6.18. The summed E-state index contributed by atoms with van der Waals surface area (Å²) < 4.78 is 11.3. The Labute approximate surface area is 151 Å². The molecule has 26 heavy (non-hydrogen) atoms. The maximum absolute atomic E-state index is 13.1. The van der Waals surface area contributed by atoms with Crippen LogP contribution in [0.1, 0.15) is 33.3 Å². The van der Waals surface area contributed by atoms with Gasteiger partial charge in [-0.1, -0.05) is 18.2 Å². The average Bonchev–Trinajstić information content (AvgIpc) is 2.79. The normalized spacial score (nSPS) is 21.9. The minimum absolute atomic E-state index is 0.0411. The van der Waals surface area contributed by atoms with E-state index in [1.54, 1.807) is 45.0 Å². The lowest BCUT2D eigenvalue weighted by molar-refractivity contribution is -0.123. The number of benzene rings is 1. The van der Waals surface area contributed by atoms with Crippen molar-refractivity contribution >= 4 is 17.4 Å². The van der Waals surface area contributed by atoms with Gasteiger partial charge in [0.1, 0.15) is 22.8 Å². The molecule has 3 N–H and O–H groups in total. The number of nitrogens with one attached hydrogen (secondary N) is 1. The Kier molecular flexibility index (Phi) is 3.80. The summed E-state index contributed by atoms with van der Waals surface area (Å²) in [6.45, 7) is 6.62. The summed E-state index contributed by atoms with van der Waals surface area (Å²) in [5, 5.41) is 12.5. The van der Waals surface area contributed by atoms with Gasteiger partial charge in [0, 0.05) is 11.3 Å². The van der Waals surface area contributed by atoms with E-state index in [0.717, 1.165) is 0 Å². The van der Waals surface area contributed by atoms with Crippen LogP contribution in [0.2, 0.25) is 0 Å². The third-order valence-electron chi connectivity index (χ3n) is 4.19. The number of ketones is 1. The number of fused-ring (bicyclic) bond motifs is 2. The zero-order valence-electron chi connectivity index (χ0n) is 15.0. The van der Waals surface area contributed by atoms with Crippen molar-refractivity contribution < 1.29 is 19.1 Å². The number of Topliss-reactive ketones (excluding diaryl/α,β-unsaturated/α-hetero) is 1. The van der Waals surface area contributed by atoms with E-state index in [1.807, 2.05) is 6.07 Å². The molecule has 0 aromatic heterocycles. The van der Waals surface area contributed by atoms with E-state index >= 15 is 0 Å². The number of nitrogens with two attached hydrogens (primary N) is 1. The molecule has 1 amide bonds. The number of ether oxygens (including phenoxy) is 2. The van der Waals surface area contributed by atoms with Crippen LogP contribution >= 0.6 is 0 Å². The molecule has 1 aromatic rings. The van der Waals surface area contributed by atoms with Gasteiger partial charge >= 0.3 is 0 Å². The summed E-state index contributed by atoms with van der Waals surface area (Å²) in [6.07, 6.45) is 0. The first-order valence-electron chi connectivity index (χ1n) is 8.06. The van der Waals surface area contributed by atoms with Crippen molar-refractivity contribution in [3.05, 3.63) is 52.8 Å². The maximum atomic E-state index is 13.1. The molecule has 0 unspecified atom stereocenters. The number of amides is 1. The molecular formula is C19H19N3O4. The van der Waals surface area contributed by atoms with Gasteiger partial charge in [-0.2, -0.15) is 5.26 Å². The first-order valence-corrected chi connectivity index (χ1v) is 8.06. The van der Waals surface area contributed by atoms with Crippen LogP contribution in [0, 0.1) is 11.3 Å². The lowest BCUT2D eigenvalue weighted by atomic mass is 9.68. The molecule has 3 rings (SSSR count). The van der Waals surface area contributed by atoms with Crippen molar-refractivity contribution in [2.45, 2.75) is 38.7 Å². The van der Waals surface area contributed by atoms with Gasteiger partial charge in [-0.25, -0.2) is 0 Å². The number of hydrogen-bond acceptors (Lipinski definition) is 6. The van der Waals surface area contributed by atoms with Gasteiger partial charge in [0.25, 0.3) is 5.95 Å². The highest BCUT2D eigenvalue weighted by Crippen LogP contribution is 2.52. The van der Waals surface area contributed by atoms with Crippen molar-refractivity contribution in [1.82, 2.24) is 0 Å². The van der Waals surface area contributed by atoms with Crippen LogP contribution in [0.15, 0.2) is 47.2 Å². The van der Waals surface area contributed by atoms with Gasteiger partial charge in [0.05, 0.1) is 0 Å². The number of anilines is 1. The number of carbonyl (C=O) groups excluding carboxylic acids is 2. The fourth-order valence-corrected chi connectivity index (χ4v) is 3.32. The highest BCUT2D eigenvalue weighted by Gasteiger charge is 2.59. The van der Waals surface area contributed by atoms with Gasteiger partial charge in [-0.3, -0.25) is 9.59 Å². The van der Waals surface area contributed by atoms with Gasteiger partial charge in [-0.05, 0) is 33.8 Å². The van der Waals surface area contributed by atoms with Gasteiger partial charge in [-0.15, -0.1) is 0 Å². The van der Waals surface area contributed by atoms with Crippen molar-refractivity contribution in [1.29, 1.82) is 5.26 Å². The van der Waals surface area contributed by atoms with Crippen LogP contribution < -0.4 is 11.1 Å². The number of nitriles is 1. The predicted molar refractivity (Wildman–Crippen MR) is 93.2 cm³/mol. The van der Waals surface area contributed by atoms with Crippen molar-refractivity contribution in [2.75, 3.05) is 5.32 Å². The van der Waals surface area contributed by atoms with E-state index in [0.29, 0.717) is 11.3 Å². The SMILES string of the molecule is CC(=O)C1=C(OC(C)(C)C)OC(N)=C(C#N)[C@@]12C(=O)Nc1ccccc12. The summed E-state index contributed by atoms with van der Waals surface area (Å²) >= 11 is 0. The Morgan fingerprint density at radius 3 is 2.58 bits per heavy atom. The van der Waals surface area contributed by atoms with Crippen molar-refractivity contribution in [3.63, 3.8) is 0 Å². The molecule has 0 fully saturated rings. The molecule has 0 saturated heterocycles. The van der Waals surface area contributed by atoms with Gasteiger partial charge in [0.2, 0.25) is 11.8 Å². The molecular weight excluding hydrogens is 334 g/mol. The minimum Gasteiger partial charge on any atom is -0.459 e. The molecule has 1 spiro atoms. The fourth-order valence-electron chi connectivity index (χ4n) is 3.32. The Bertz CT molecular complexity index is 931. The maximum Gasteiger partial charge on any atom is 0.295 e. The molecule has 0 saturated carbocycles. The number of nitrogens with zero attached hydrogens (tertiary/aromatic N) is 1. The first kappa shape index (κ1) is 17.5. The summed E-state index contributed by atoms with van der Waals surface area (Å²) in [4.78, 5) is 25.7. The van der Waals surface area contributed by atoms with Crippen LogP contribution in [0.4, 0.5) is 5.69 Å². The third-order valence-corrected chi connectivity index (χ3v) is 4.19. The summed E-state index contributed by atoms with van der Waals surface area (Å²) in [7, 11) is 0. The quantitative estimate of drug-likeness (QED) is 0.842. The van der Waals surface area contributed by atoms with E-state index < -0.39 is 22.7 Å². The van der Waals surface area contributed by atoms with E-state index in [9.17, 15) is 14.9 Å². The molecule has 1 atom stereocenters. The van der Waals surface area contributed by atoms with Gasteiger partial charge < -0.3 is 20.5 Å². The van der Waals surface area contributed by atoms with E-state index in [4.69, 9.17) is 15.2 Å². The monoisotopic (exact) mass is 353 g/mol. The van der Waals surface area contributed by atoms with Crippen LogP contribution in [-0.4, -0.2) is 17.3 Å². The number of rotatable bonds is 2. The fraction of sp³-hybridized carbons (Fsp3) is 0.316. The highest BCUT2D eigenvalue weighted by atomic mass is 16.7. The average molecular weight is 353 g/mol. The summed E-state index contributed by atoms with van der Waals surface area (Å²) in [5.41, 5.74) is 4.36. The molecule has 2 aliphatic rings. The van der Waals surface area contributed by atoms with E-state index in [2.05, 4.69) is 5.32 Å². The lowest BCUT2D eigenvalue weighted by Gasteiger charge is -2.36. The second-order valence-electron chi connectivity index (χ2n) is 7.14. The second kappa shape index (κ2) is 5.63. The molecule has 7 heteroatoms. The number of carbonyl (C=O) groups is 2. The third kappa shape index (κ3) is 2.34. The van der Waals surface area contributed by atoms with Crippen LogP contribution in [0.5, 0.6) is 0 Å². The summed E-state index contributed by atoms with van der Waals surface area (Å²) in [5.74, 6) is -1.41. The van der Waals surface area contributed by atoms with Crippen molar-refractivity contribution in [2.24, 2.45) is 5.73 Å². The Hall–Kier alpha value is -3.27. The molecule has 134 valence electrons. The summed E-state index contributed by atoms with van der Waals surface area (Å²) in [6, 6.07) is 8.81. The number of hydrogen-bond donors (Lipinski definition) is 2. The standard InChI is InChI=1S/C19H19N3O4/c1-10(23)14-16(26-18(2,3)4)25-15(21)12(9-20)19(14)11-7-5-6-8-13(11)22-17(19)24/h5-8H,21H2,1-4H3,(H,22,24)/t19-/m1/s1. The largest absolute Gasteiger partial charge is 0.459 e. The Morgan fingerprint density at radius 1 is 1.35 bits per heavy atom. The van der Waals surface area contributed by atoms with Crippen molar-refractivity contribution in [3.8, 4) is 6.07 Å². The Balaban J connectivity index is 2.42. The molecule has 0 aliphatic carbocycles. The lowest BCUT2D eigenvalue weighted by Crippen LogP contribution is -2.46. The molecule has 7 nitrogen and oxygen atoms in total. The van der Waals surface area contributed by atoms with E-state index in [-0.39, 0.29) is 23.0 Å². The molecule has 2 heterocycles. The minimum atomic E-state index is -1.69. The molecule has 1 aromatic carbocycles. The zero-order valence-corrected chi connectivity index (χ0v) is 15.0. The smallest absolute Gasteiger partial charge is 0.295 e. The van der Waals surface area contributed by atoms with Crippen LogP contribution in [0.3, 0.4) is 0 Å². The van der Waals surface area contributed by atoms with Crippen LogP contribution in [0.25, 0.3) is 0 Å². The zero-order chi connectivity index (χ0) is 19.3. The second-order valence-corrected chi connectivity index (χ2v) is 7.14. The van der Waals surface area contributed by atoms with Crippen LogP contribution in [-0.2, 0) is 24.5 Å². The molecule has 0 bridgehead atoms. The number of para-hydroxylation sites is 1. The predicted octanol–water partition coefficient (Wildman–Crippen LogP) is 2.22. The van der Waals surface area contributed by atoms with Gasteiger partial charge in [0.15, 0.2) is 11.2 Å². The molecule has 0 radical (unpaired) electrons. The Morgan fingerprint density at radius 2 is 2.00 bits per heavy atom. The topological polar surface area (TPSA) is 114 Å². The molecule has 2 aliphatic heterocycles.